The van der Waals surface area contributed by atoms with E-state index in [0.717, 1.165) is 0 Å². The first kappa shape index (κ1) is 5.05. The van der Waals surface area contributed by atoms with E-state index in [1.54, 1.807) is 0 Å². The standard InChI is InChI=1S/FH2INP/c1-3(2)4/h4H2. The molecule has 4 heavy (non-hydrogen) atoms. The lowest BCUT2D eigenvalue weighted by molar-refractivity contribution is 0.330. The van der Waals surface area contributed by atoms with Crippen molar-refractivity contribution in [2.24, 2.45) is 0 Å². The summed E-state index contributed by atoms with van der Waals surface area (Å²) in [5, 5.41) is 0. The van der Waals surface area contributed by atoms with Gasteiger partial charge >= 0.3 is 0 Å². The van der Waals surface area contributed by atoms with Gasteiger partial charge in [0.2, 0.25) is 0 Å². The Morgan fingerprint density at radius 2 is 2.00 bits per heavy atom. The number of nitrogens with zero attached hydrogens (tertiary/aromatic N) is 1. The van der Waals surface area contributed by atoms with Crippen LogP contribution >= 0.6 is 32.3 Å². The van der Waals surface area contributed by atoms with Crippen LogP contribution in [0.25, 0.3) is 0 Å². The Balaban J connectivity index is 2.32. The van der Waals surface area contributed by atoms with E-state index in [-0.39, 0.29) is 0 Å². The minimum atomic E-state index is 0.387. The normalized spacial score (nSPS) is 9.00. The Labute approximate surface area is 40.2 Å². The lowest BCUT2D eigenvalue weighted by Crippen LogP contribution is -1.61. The van der Waals surface area contributed by atoms with Gasteiger partial charge in [0.05, 0.1) is 22.9 Å². The van der Waals surface area contributed by atoms with E-state index in [1.165, 1.54) is 22.9 Å². The summed E-state index contributed by atoms with van der Waals surface area (Å²) >= 11 is 1.47. The highest BCUT2D eigenvalue weighted by atomic mass is 127. The highest BCUT2D eigenvalue weighted by Crippen LogP contribution is 2.03. The van der Waals surface area contributed by atoms with Gasteiger partial charge in [-0.3, -0.25) is 0 Å². The van der Waals surface area contributed by atoms with Crippen molar-refractivity contribution in [1.29, 1.82) is 0 Å². The topological polar surface area (TPSA) is 3.24 Å². The molecule has 0 rings (SSSR count). The lowest BCUT2D eigenvalue weighted by Gasteiger charge is -1.78. The third kappa shape index (κ3) is 11.6. The number of halogens is 2. The summed E-state index contributed by atoms with van der Waals surface area (Å²) in [7, 11) is 1.81. The molecule has 1 atom stereocenters. The molecule has 0 amide bonds. The van der Waals surface area contributed by atoms with Gasteiger partial charge in [-0.1, -0.05) is 3.11 Å². The van der Waals surface area contributed by atoms with Gasteiger partial charge in [-0.25, -0.2) is 0 Å². The molecule has 0 aliphatic carbocycles. The zero-order chi connectivity index (χ0) is 3.58. The fraction of sp³-hybridized carbons (Fsp3) is 0. The third-order valence-electron chi connectivity index (χ3n) is 0. The lowest BCUT2D eigenvalue weighted by atomic mass is 13.7. The predicted molar refractivity (Wildman–Crippen MR) is 26.7 cm³/mol. The predicted octanol–water partition coefficient (Wildman–Crippen LogP) is 1.31. The van der Waals surface area contributed by atoms with Crippen molar-refractivity contribution < 1.29 is 4.48 Å². The van der Waals surface area contributed by atoms with Crippen molar-refractivity contribution in [3.8, 4) is 0 Å². The monoisotopic (exact) mass is 193 g/mol. The van der Waals surface area contributed by atoms with Crippen molar-refractivity contribution in [1.82, 2.24) is 3.11 Å². The van der Waals surface area contributed by atoms with Crippen molar-refractivity contribution in [2.75, 3.05) is 0 Å². The number of rotatable bonds is 0. The average molecular weight is 193 g/mol. The van der Waals surface area contributed by atoms with Crippen molar-refractivity contribution >= 4 is 32.3 Å². The fourth-order valence-electron chi connectivity index (χ4n) is 0. The quantitative estimate of drug-likeness (QED) is 0.318. The maximum Gasteiger partial charge on any atom is 0.0600 e. The van der Waals surface area contributed by atoms with Gasteiger partial charge in [0.15, 0.2) is 0 Å². The Bertz CT molecular complexity index is 12.8. The highest BCUT2D eigenvalue weighted by molar-refractivity contribution is 14.1. The summed E-state index contributed by atoms with van der Waals surface area (Å²) in [4.78, 5) is 0. The Morgan fingerprint density at radius 3 is 2.00 bits per heavy atom. The smallest absolute Gasteiger partial charge is 0.0600 e. The minimum Gasteiger partial charge on any atom is -0.120 e. The number of hydrogen-bond donors (Lipinski definition) is 0. The van der Waals surface area contributed by atoms with E-state index in [9.17, 15) is 4.48 Å². The molecular weight excluding hydrogens is 191 g/mol. The van der Waals surface area contributed by atoms with Gasteiger partial charge < -0.3 is 0 Å². The van der Waals surface area contributed by atoms with Crippen molar-refractivity contribution in [3.63, 3.8) is 0 Å². The van der Waals surface area contributed by atoms with Crippen LogP contribution in [0.4, 0.5) is 4.48 Å². The third-order valence-corrected chi connectivity index (χ3v) is 0. The van der Waals surface area contributed by atoms with Crippen LogP contribution in [0.5, 0.6) is 0 Å². The van der Waals surface area contributed by atoms with E-state index in [2.05, 4.69) is 0 Å². The molecule has 0 aromatic heterocycles. The molecule has 0 aliphatic rings. The van der Waals surface area contributed by atoms with Crippen LogP contribution < -0.4 is 0 Å². The van der Waals surface area contributed by atoms with E-state index >= 15 is 0 Å². The van der Waals surface area contributed by atoms with E-state index < -0.39 is 0 Å². The van der Waals surface area contributed by atoms with Gasteiger partial charge in [-0.15, -0.1) is 4.48 Å². The Hall–Kier alpha value is 1.05. The molecule has 1 nitrogen and oxygen atoms in total. The Kier molecular flexibility index (Phi) is 2.90. The zero-order valence-corrected chi connectivity index (χ0v) is 5.09. The second kappa shape index (κ2) is 2.30. The molecule has 0 aromatic carbocycles. The van der Waals surface area contributed by atoms with Gasteiger partial charge in [0.1, 0.15) is 0 Å². The first-order valence-corrected chi connectivity index (χ1v) is 2.08. The fourth-order valence-corrected chi connectivity index (χ4v) is 0. The largest absolute Gasteiger partial charge is 0.120 e. The minimum absolute atomic E-state index is 0.387. The SMILES string of the molecule is FN(P)I. The van der Waals surface area contributed by atoms with Crippen LogP contribution in [0, 0.1) is 0 Å². The highest BCUT2D eigenvalue weighted by Gasteiger charge is 1.69. The van der Waals surface area contributed by atoms with Gasteiger partial charge in [0, 0.05) is 0 Å². The Morgan fingerprint density at radius 1 is 2.00 bits per heavy atom. The molecule has 0 spiro atoms. The molecule has 0 saturated carbocycles. The first-order chi connectivity index (χ1) is 1.73. The molecule has 4 heteroatoms. The molecule has 0 fully saturated rings. The summed E-state index contributed by atoms with van der Waals surface area (Å²) in [6, 6.07) is 0. The molecule has 0 N–H and O–H groups in total. The molecule has 0 radical (unpaired) electrons. The van der Waals surface area contributed by atoms with E-state index in [0.29, 0.717) is 3.11 Å². The summed E-state index contributed by atoms with van der Waals surface area (Å²) < 4.78 is 11.2. The molecular formula is H2FINP. The second-order valence-corrected chi connectivity index (χ2v) is 2.69. The average Bonchev–Trinajstić information content (AvgIpc) is 0.811. The summed E-state index contributed by atoms with van der Waals surface area (Å²) in [5.74, 6) is 0. The van der Waals surface area contributed by atoms with E-state index in [1.807, 2.05) is 9.39 Å². The van der Waals surface area contributed by atoms with Gasteiger partial charge in [0.25, 0.3) is 0 Å². The zero-order valence-electron chi connectivity index (χ0n) is 1.78. The van der Waals surface area contributed by atoms with Crippen LogP contribution in [-0.4, -0.2) is 3.11 Å². The molecule has 0 heterocycles. The molecule has 0 aliphatic heterocycles. The van der Waals surface area contributed by atoms with Gasteiger partial charge in [-0.05, 0) is 9.39 Å². The molecule has 26 valence electrons. The molecule has 0 saturated heterocycles. The van der Waals surface area contributed by atoms with Crippen LogP contribution in [-0.2, 0) is 0 Å². The molecule has 0 aromatic rings. The first-order valence-electron chi connectivity index (χ1n) is 0.596. The van der Waals surface area contributed by atoms with Crippen molar-refractivity contribution in [3.05, 3.63) is 0 Å². The second-order valence-electron chi connectivity index (χ2n) is 0.259. The van der Waals surface area contributed by atoms with Crippen LogP contribution in [0.15, 0.2) is 0 Å². The number of hydrogen-bond acceptors (Lipinski definition) is 1. The molecule has 0 bridgehead atoms. The summed E-state index contributed by atoms with van der Waals surface area (Å²) in [6.07, 6.45) is 0. The van der Waals surface area contributed by atoms with Crippen LogP contribution in [0.3, 0.4) is 0 Å². The van der Waals surface area contributed by atoms with Gasteiger partial charge in [-0.2, -0.15) is 0 Å². The summed E-state index contributed by atoms with van der Waals surface area (Å²) in [6.45, 7) is 0. The molecule has 1 unspecified atom stereocenters. The van der Waals surface area contributed by atoms with Crippen LogP contribution in [0.2, 0.25) is 0 Å². The maximum atomic E-state index is 10.8. The summed E-state index contributed by atoms with van der Waals surface area (Å²) in [5.41, 5.74) is 0. The van der Waals surface area contributed by atoms with Crippen molar-refractivity contribution in [2.45, 2.75) is 0 Å². The van der Waals surface area contributed by atoms with Crippen LogP contribution in [0.1, 0.15) is 0 Å². The maximum absolute atomic E-state index is 10.8. The van der Waals surface area contributed by atoms with E-state index in [4.69, 9.17) is 0 Å².